The Hall–Kier alpha value is -6.74. The number of benzene rings is 10. The maximum atomic E-state index is 2.43. The molecule has 0 aliphatic carbocycles. The largest absolute Gasteiger partial charge is 0.310 e. The van der Waals surface area contributed by atoms with E-state index in [0.717, 1.165) is 17.1 Å². The number of fused-ring (bicyclic) bond motifs is 10. The summed E-state index contributed by atoms with van der Waals surface area (Å²) < 4.78 is 2.65. The molecule has 1 nitrogen and oxygen atoms in total. The van der Waals surface area contributed by atoms with Crippen molar-refractivity contribution in [3.05, 3.63) is 200 Å². The lowest BCUT2D eigenvalue weighted by Gasteiger charge is -2.28. The molecular formula is C52H33NS. The maximum Gasteiger partial charge on any atom is 0.0540 e. The van der Waals surface area contributed by atoms with Crippen LogP contribution in [0.2, 0.25) is 0 Å². The number of thiophene rings is 1. The summed E-state index contributed by atoms with van der Waals surface area (Å²) >= 11 is 1.89. The van der Waals surface area contributed by atoms with Crippen LogP contribution in [0.5, 0.6) is 0 Å². The highest BCUT2D eigenvalue weighted by Crippen LogP contribution is 2.45. The monoisotopic (exact) mass is 703 g/mol. The molecule has 1 heterocycles. The van der Waals surface area contributed by atoms with Gasteiger partial charge in [-0.25, -0.2) is 0 Å². The van der Waals surface area contributed by atoms with Gasteiger partial charge < -0.3 is 4.90 Å². The van der Waals surface area contributed by atoms with E-state index in [4.69, 9.17) is 0 Å². The van der Waals surface area contributed by atoms with E-state index in [1.165, 1.54) is 85.5 Å². The zero-order valence-corrected chi connectivity index (χ0v) is 30.2. The van der Waals surface area contributed by atoms with Gasteiger partial charge in [0.1, 0.15) is 0 Å². The molecule has 0 atom stereocenters. The fraction of sp³-hybridized carbons (Fsp3) is 0. The van der Waals surface area contributed by atoms with Crippen molar-refractivity contribution in [3.63, 3.8) is 0 Å². The average Bonchev–Trinajstić information content (AvgIpc) is 3.63. The fourth-order valence-corrected chi connectivity index (χ4v) is 9.62. The first-order valence-corrected chi connectivity index (χ1v) is 19.3. The molecule has 0 saturated carbocycles. The van der Waals surface area contributed by atoms with Gasteiger partial charge in [-0.2, -0.15) is 0 Å². The summed E-state index contributed by atoms with van der Waals surface area (Å²) in [6.45, 7) is 0. The van der Waals surface area contributed by atoms with E-state index in [0.29, 0.717) is 0 Å². The van der Waals surface area contributed by atoms with Gasteiger partial charge in [0.05, 0.1) is 5.69 Å². The van der Waals surface area contributed by atoms with Crippen LogP contribution in [0.3, 0.4) is 0 Å². The van der Waals surface area contributed by atoms with Crippen LogP contribution in [0.1, 0.15) is 0 Å². The van der Waals surface area contributed by atoms with Crippen LogP contribution in [0.4, 0.5) is 17.1 Å². The SMILES string of the molecule is c1ccc(-c2ccccc2N(c2ccc(-c3ccc4ccc5ccc6ccccc6c5c4c3)cc2)c2ccc3ccc4c5ccccc5sc4c3c2)cc1. The second-order valence-electron chi connectivity index (χ2n) is 14.1. The van der Waals surface area contributed by atoms with E-state index >= 15 is 0 Å². The summed E-state index contributed by atoms with van der Waals surface area (Å²) in [6, 6.07) is 73.5. The Balaban J connectivity index is 1.09. The van der Waals surface area contributed by atoms with Crippen LogP contribution >= 0.6 is 11.3 Å². The van der Waals surface area contributed by atoms with E-state index in [1.54, 1.807) is 0 Å². The minimum Gasteiger partial charge on any atom is -0.310 e. The smallest absolute Gasteiger partial charge is 0.0540 e. The molecule has 0 radical (unpaired) electrons. The lowest BCUT2D eigenvalue weighted by atomic mass is 9.94. The molecule has 0 amide bonds. The third-order valence-corrected chi connectivity index (χ3v) is 12.2. The maximum absolute atomic E-state index is 2.43. The first kappa shape index (κ1) is 30.8. The molecule has 11 rings (SSSR count). The lowest BCUT2D eigenvalue weighted by molar-refractivity contribution is 1.29. The Morgan fingerprint density at radius 2 is 0.944 bits per heavy atom. The minimum atomic E-state index is 1.11. The van der Waals surface area contributed by atoms with Crippen LogP contribution in [0.15, 0.2) is 200 Å². The van der Waals surface area contributed by atoms with Crippen molar-refractivity contribution in [2.75, 3.05) is 4.90 Å². The van der Waals surface area contributed by atoms with Gasteiger partial charge in [-0.1, -0.05) is 158 Å². The van der Waals surface area contributed by atoms with Gasteiger partial charge in [-0.3, -0.25) is 0 Å². The third kappa shape index (κ3) is 4.99. The van der Waals surface area contributed by atoms with Gasteiger partial charge in [0, 0.05) is 42.5 Å². The highest BCUT2D eigenvalue weighted by atomic mass is 32.1. The first-order valence-electron chi connectivity index (χ1n) is 18.5. The Bertz CT molecular complexity index is 3210. The predicted molar refractivity (Wildman–Crippen MR) is 235 cm³/mol. The fourth-order valence-electron chi connectivity index (χ4n) is 8.40. The number of para-hydroxylation sites is 1. The molecule has 0 fully saturated rings. The molecule has 10 aromatic carbocycles. The van der Waals surface area contributed by atoms with E-state index < -0.39 is 0 Å². The first-order chi connectivity index (χ1) is 26.8. The van der Waals surface area contributed by atoms with E-state index in [9.17, 15) is 0 Å². The van der Waals surface area contributed by atoms with Crippen molar-refractivity contribution in [3.8, 4) is 22.3 Å². The lowest BCUT2D eigenvalue weighted by Crippen LogP contribution is -2.11. The Morgan fingerprint density at radius 1 is 0.333 bits per heavy atom. The van der Waals surface area contributed by atoms with Gasteiger partial charge in [-0.15, -0.1) is 11.3 Å². The number of hydrogen-bond donors (Lipinski definition) is 0. The van der Waals surface area contributed by atoms with Crippen molar-refractivity contribution in [2.45, 2.75) is 0 Å². The summed E-state index contributed by atoms with van der Waals surface area (Å²) in [4.78, 5) is 2.43. The second-order valence-corrected chi connectivity index (χ2v) is 15.1. The standard InChI is InChI=1S/C52H33NS/c1-2-10-35(11-3-1)43-13-6-8-16-49(43)53(42-30-26-38-27-31-46-45-15-7-9-17-50(45)54-52(46)48(38)33-42)41-28-24-34(25-29-41)40-23-20-37-19-22-39-21-18-36-12-4-5-14-44(36)51(39)47(37)32-40/h1-33H. The molecule has 0 saturated heterocycles. The highest BCUT2D eigenvalue weighted by Gasteiger charge is 2.19. The van der Waals surface area contributed by atoms with Gasteiger partial charge in [0.25, 0.3) is 0 Å². The zero-order chi connectivity index (χ0) is 35.6. The molecule has 0 unspecified atom stereocenters. The summed E-state index contributed by atoms with van der Waals surface area (Å²) in [5.41, 5.74) is 8.18. The highest BCUT2D eigenvalue weighted by molar-refractivity contribution is 7.26. The van der Waals surface area contributed by atoms with Gasteiger partial charge in [-0.05, 0) is 96.9 Å². The molecular weight excluding hydrogens is 671 g/mol. The molecule has 11 aromatic rings. The third-order valence-electron chi connectivity index (χ3n) is 11.0. The predicted octanol–water partition coefficient (Wildman–Crippen LogP) is 15.5. The second kappa shape index (κ2) is 12.4. The minimum absolute atomic E-state index is 1.11. The topological polar surface area (TPSA) is 3.24 Å². The summed E-state index contributed by atoms with van der Waals surface area (Å²) in [5, 5.41) is 12.9. The molecule has 0 aliphatic rings. The van der Waals surface area contributed by atoms with Crippen LogP contribution in [-0.2, 0) is 0 Å². The van der Waals surface area contributed by atoms with Crippen LogP contribution < -0.4 is 4.90 Å². The van der Waals surface area contributed by atoms with Crippen molar-refractivity contribution >= 4 is 91.7 Å². The molecule has 2 heteroatoms. The Morgan fingerprint density at radius 3 is 1.81 bits per heavy atom. The number of anilines is 3. The van der Waals surface area contributed by atoms with Gasteiger partial charge >= 0.3 is 0 Å². The van der Waals surface area contributed by atoms with Crippen LogP contribution in [0.25, 0.3) is 85.5 Å². The number of nitrogens with zero attached hydrogens (tertiary/aromatic N) is 1. The average molecular weight is 704 g/mol. The van der Waals surface area contributed by atoms with Crippen molar-refractivity contribution in [2.24, 2.45) is 0 Å². The Labute approximate surface area is 317 Å². The zero-order valence-electron chi connectivity index (χ0n) is 29.4. The molecule has 1 aromatic heterocycles. The van der Waals surface area contributed by atoms with Crippen LogP contribution in [-0.4, -0.2) is 0 Å². The quantitative estimate of drug-likeness (QED) is 0.161. The van der Waals surface area contributed by atoms with Crippen LogP contribution in [0, 0.1) is 0 Å². The molecule has 0 aliphatic heterocycles. The van der Waals surface area contributed by atoms with E-state index in [-0.39, 0.29) is 0 Å². The molecule has 0 N–H and O–H groups in total. The summed E-state index contributed by atoms with van der Waals surface area (Å²) in [5.74, 6) is 0. The number of rotatable bonds is 5. The molecule has 252 valence electrons. The van der Waals surface area contributed by atoms with Gasteiger partial charge in [0.2, 0.25) is 0 Å². The van der Waals surface area contributed by atoms with Gasteiger partial charge in [0.15, 0.2) is 0 Å². The number of hydrogen-bond acceptors (Lipinski definition) is 2. The summed E-state index contributed by atoms with van der Waals surface area (Å²) in [7, 11) is 0. The van der Waals surface area contributed by atoms with Crippen molar-refractivity contribution in [1.82, 2.24) is 0 Å². The summed E-state index contributed by atoms with van der Waals surface area (Å²) in [6.07, 6.45) is 0. The van der Waals surface area contributed by atoms with E-state index in [2.05, 4.69) is 205 Å². The van der Waals surface area contributed by atoms with Crippen molar-refractivity contribution in [1.29, 1.82) is 0 Å². The molecule has 0 bridgehead atoms. The molecule has 54 heavy (non-hydrogen) atoms. The van der Waals surface area contributed by atoms with Crippen molar-refractivity contribution < 1.29 is 0 Å². The molecule has 0 spiro atoms. The van der Waals surface area contributed by atoms with E-state index in [1.807, 2.05) is 11.3 Å². The Kier molecular flexibility index (Phi) is 7.11. The normalized spacial score (nSPS) is 11.7.